The van der Waals surface area contributed by atoms with Gasteiger partial charge in [0.1, 0.15) is 17.8 Å². The van der Waals surface area contributed by atoms with Crippen molar-refractivity contribution in [2.24, 2.45) is 28.6 Å². The molecule has 0 aromatic rings. The van der Waals surface area contributed by atoms with Crippen molar-refractivity contribution in [1.82, 2.24) is 0 Å². The molecular weight excluding hydrogens is 372 g/mol. The molecule has 4 aliphatic rings. The molecule has 1 N–H and O–H groups in total. The Morgan fingerprint density at radius 1 is 1.24 bits per heavy atom. The highest BCUT2D eigenvalue weighted by Crippen LogP contribution is 2.66. The summed E-state index contributed by atoms with van der Waals surface area (Å²) in [6.45, 7) is 3.87. The molecule has 0 spiro atoms. The van der Waals surface area contributed by atoms with E-state index in [-0.39, 0.29) is 42.2 Å². The molecule has 0 bridgehead atoms. The molecule has 3 saturated carbocycles. The van der Waals surface area contributed by atoms with Gasteiger partial charge in [0.15, 0.2) is 11.6 Å². The Hall–Kier alpha value is -2.08. The lowest BCUT2D eigenvalue weighted by Gasteiger charge is -2.56. The zero-order valence-corrected chi connectivity index (χ0v) is 17.2. The Morgan fingerprint density at radius 2 is 1.97 bits per heavy atom. The summed E-state index contributed by atoms with van der Waals surface area (Å²) in [5.41, 5.74) is -2.05. The van der Waals surface area contributed by atoms with E-state index in [1.165, 1.54) is 7.11 Å². The molecular formula is C23H28O6. The number of aliphatic hydroxyl groups is 1. The normalized spacial score (nSPS) is 43.2. The highest BCUT2D eigenvalue weighted by Gasteiger charge is 2.68. The molecule has 6 nitrogen and oxygen atoms in total. The van der Waals surface area contributed by atoms with E-state index in [2.05, 4.69) is 4.74 Å². The maximum Gasteiger partial charge on any atom is 0.313 e. The lowest BCUT2D eigenvalue weighted by molar-refractivity contribution is -0.169. The minimum absolute atomic E-state index is 0.0150. The number of hydrogen-bond acceptors (Lipinski definition) is 6. The van der Waals surface area contributed by atoms with Gasteiger partial charge in [-0.05, 0) is 49.7 Å². The van der Waals surface area contributed by atoms with Crippen LogP contribution in [0.25, 0.3) is 0 Å². The van der Waals surface area contributed by atoms with E-state index in [9.17, 15) is 24.3 Å². The molecule has 3 fully saturated rings. The van der Waals surface area contributed by atoms with Crippen molar-refractivity contribution in [2.45, 2.75) is 58.0 Å². The van der Waals surface area contributed by atoms with Crippen molar-refractivity contribution in [2.75, 3.05) is 7.11 Å². The van der Waals surface area contributed by atoms with Crippen LogP contribution < -0.4 is 0 Å². The van der Waals surface area contributed by atoms with Crippen LogP contribution in [0.15, 0.2) is 23.8 Å². The van der Waals surface area contributed by atoms with Crippen molar-refractivity contribution in [1.29, 1.82) is 0 Å². The Balaban J connectivity index is 1.69. The van der Waals surface area contributed by atoms with Crippen molar-refractivity contribution >= 4 is 23.3 Å². The van der Waals surface area contributed by atoms with E-state index in [1.807, 2.05) is 19.9 Å². The molecule has 0 aromatic heterocycles. The molecule has 4 aliphatic carbocycles. The van der Waals surface area contributed by atoms with Crippen molar-refractivity contribution in [3.63, 3.8) is 0 Å². The first-order chi connectivity index (χ1) is 13.6. The van der Waals surface area contributed by atoms with Crippen molar-refractivity contribution < 1.29 is 29.0 Å². The zero-order chi connectivity index (χ0) is 21.2. The number of fused-ring (bicyclic) bond motifs is 5. The average molecular weight is 400 g/mol. The Labute approximate surface area is 170 Å². The predicted molar refractivity (Wildman–Crippen MR) is 104 cm³/mol. The van der Waals surface area contributed by atoms with Crippen LogP contribution in [0.4, 0.5) is 0 Å². The summed E-state index contributed by atoms with van der Waals surface area (Å²) in [6, 6.07) is 0. The number of esters is 1. The summed E-state index contributed by atoms with van der Waals surface area (Å²) in [5, 5.41) is 11.4. The molecule has 0 heterocycles. The first kappa shape index (κ1) is 20.2. The fraction of sp³-hybridized carbons (Fsp3) is 0.652. The fourth-order valence-corrected chi connectivity index (χ4v) is 6.84. The quantitative estimate of drug-likeness (QED) is 0.577. The van der Waals surface area contributed by atoms with E-state index in [1.54, 1.807) is 12.2 Å². The number of methoxy groups -OCH3 is 1. The molecule has 0 unspecified atom stereocenters. The van der Waals surface area contributed by atoms with E-state index >= 15 is 0 Å². The molecule has 4 rings (SSSR count). The van der Waals surface area contributed by atoms with Gasteiger partial charge in [0.2, 0.25) is 0 Å². The van der Waals surface area contributed by atoms with E-state index in [0.29, 0.717) is 6.42 Å². The zero-order valence-electron chi connectivity index (χ0n) is 17.2. The van der Waals surface area contributed by atoms with Crippen LogP contribution in [0.2, 0.25) is 0 Å². The van der Waals surface area contributed by atoms with Crippen molar-refractivity contribution in [3.8, 4) is 0 Å². The molecule has 0 aromatic carbocycles. The molecule has 0 aliphatic heterocycles. The number of carbonyl (C=O) groups excluding carboxylic acids is 4. The van der Waals surface area contributed by atoms with Gasteiger partial charge in [0.05, 0.1) is 7.11 Å². The minimum atomic E-state index is -1.69. The third-order valence-corrected chi connectivity index (χ3v) is 8.40. The van der Waals surface area contributed by atoms with Gasteiger partial charge < -0.3 is 9.84 Å². The first-order valence-electron chi connectivity index (χ1n) is 10.4. The lowest BCUT2D eigenvalue weighted by Crippen LogP contribution is -2.60. The van der Waals surface area contributed by atoms with E-state index in [4.69, 9.17) is 0 Å². The Kier molecular flexibility index (Phi) is 4.50. The topological polar surface area (TPSA) is 97.7 Å². The van der Waals surface area contributed by atoms with Gasteiger partial charge in [-0.3, -0.25) is 19.2 Å². The van der Waals surface area contributed by atoms with Crippen LogP contribution in [-0.2, 0) is 23.9 Å². The average Bonchev–Trinajstić information content (AvgIpc) is 2.93. The van der Waals surface area contributed by atoms with Crippen LogP contribution in [0.1, 0.15) is 52.4 Å². The monoisotopic (exact) mass is 400 g/mol. The van der Waals surface area contributed by atoms with Crippen LogP contribution in [-0.4, -0.2) is 41.1 Å². The number of ketones is 3. The number of Topliss-reactive ketones (excluding diaryl/α,β-unsaturated/α-hetero) is 2. The molecule has 0 amide bonds. The van der Waals surface area contributed by atoms with E-state index in [0.717, 1.165) is 18.4 Å². The lowest BCUT2D eigenvalue weighted by atomic mass is 9.46. The van der Waals surface area contributed by atoms with Gasteiger partial charge in [-0.25, -0.2) is 0 Å². The summed E-state index contributed by atoms with van der Waals surface area (Å²) in [4.78, 5) is 49.8. The second-order valence-electron chi connectivity index (χ2n) is 9.61. The first-order valence-corrected chi connectivity index (χ1v) is 10.4. The third kappa shape index (κ3) is 2.64. The second kappa shape index (κ2) is 6.46. The molecule has 0 radical (unpaired) electrons. The summed E-state index contributed by atoms with van der Waals surface area (Å²) >= 11 is 0. The number of hydrogen-bond donors (Lipinski definition) is 1. The van der Waals surface area contributed by atoms with Crippen LogP contribution in [0.3, 0.4) is 0 Å². The van der Waals surface area contributed by atoms with E-state index < -0.39 is 34.6 Å². The largest absolute Gasteiger partial charge is 0.469 e. The van der Waals surface area contributed by atoms with Gasteiger partial charge in [-0.2, -0.15) is 0 Å². The fourth-order valence-electron chi connectivity index (χ4n) is 6.84. The van der Waals surface area contributed by atoms with Gasteiger partial charge >= 0.3 is 5.97 Å². The predicted octanol–water partition coefficient (Wildman–Crippen LogP) is 2.34. The van der Waals surface area contributed by atoms with Crippen molar-refractivity contribution in [3.05, 3.63) is 23.8 Å². The summed E-state index contributed by atoms with van der Waals surface area (Å²) in [7, 11) is 1.21. The number of ether oxygens (including phenoxy) is 1. The van der Waals surface area contributed by atoms with Gasteiger partial charge in [0.25, 0.3) is 0 Å². The van der Waals surface area contributed by atoms with Crippen LogP contribution >= 0.6 is 0 Å². The van der Waals surface area contributed by atoms with Gasteiger partial charge in [-0.1, -0.05) is 25.5 Å². The minimum Gasteiger partial charge on any atom is -0.469 e. The van der Waals surface area contributed by atoms with Gasteiger partial charge in [-0.15, -0.1) is 0 Å². The summed E-state index contributed by atoms with van der Waals surface area (Å²) in [6.07, 6.45) is 7.13. The second-order valence-corrected chi connectivity index (χ2v) is 9.61. The molecule has 29 heavy (non-hydrogen) atoms. The molecule has 0 saturated heterocycles. The Morgan fingerprint density at radius 3 is 2.66 bits per heavy atom. The maximum absolute atomic E-state index is 13.4. The summed E-state index contributed by atoms with van der Waals surface area (Å²) < 4.78 is 4.60. The molecule has 6 heteroatoms. The smallest absolute Gasteiger partial charge is 0.313 e. The molecule has 156 valence electrons. The maximum atomic E-state index is 13.4. The third-order valence-electron chi connectivity index (χ3n) is 8.40. The Bertz CT molecular complexity index is 869. The summed E-state index contributed by atoms with van der Waals surface area (Å²) in [5.74, 6) is -1.41. The standard InChI is InChI=1S/C23H28O6/c1-21-8-6-14(24)10-13(21)4-5-15-16-7-9-23(28,18(26)11-19(27)29-3)22(16,2)12-17(25)20(15)21/h6,8,10,15-16,20,28H,4-5,7,9,11-12H2,1-3H3/t15-,16-,20+,21-,22-,23-/m0/s1. The number of rotatable bonds is 3. The number of allylic oxidation sites excluding steroid dienone is 4. The van der Waals surface area contributed by atoms with Gasteiger partial charge in [0, 0.05) is 23.2 Å². The molecule has 6 atom stereocenters. The SMILES string of the molecule is COC(=O)CC(=O)[C@@]1(O)CC[C@H]2[C@@H]3CCC4=CC(=O)C=C[C@]4(C)[C@H]3C(=O)C[C@@]21C. The highest BCUT2D eigenvalue weighted by atomic mass is 16.5. The van der Waals surface area contributed by atoms with Crippen LogP contribution in [0, 0.1) is 28.6 Å². The highest BCUT2D eigenvalue weighted by molar-refractivity contribution is 6.03. The van der Waals surface area contributed by atoms with Crippen LogP contribution in [0.5, 0.6) is 0 Å². The number of carbonyl (C=O) groups is 4.